The van der Waals surface area contributed by atoms with E-state index < -0.39 is 0 Å². The van der Waals surface area contributed by atoms with Gasteiger partial charge in [-0.1, -0.05) is 41.0 Å². The lowest BCUT2D eigenvalue weighted by Gasteiger charge is -2.06. The van der Waals surface area contributed by atoms with Crippen molar-refractivity contribution in [2.75, 3.05) is 0 Å². The molecule has 0 bridgehead atoms. The smallest absolute Gasteiger partial charge is 0.269 e. The van der Waals surface area contributed by atoms with Crippen molar-refractivity contribution in [2.45, 2.75) is 25.5 Å². The molecule has 0 spiro atoms. The maximum absolute atomic E-state index is 12.3. The fourth-order valence-corrected chi connectivity index (χ4v) is 3.00. The fraction of sp³-hybridized carbons (Fsp3) is 0.211. The molecule has 4 rings (SSSR count). The molecule has 1 atom stereocenters. The van der Waals surface area contributed by atoms with Crippen LogP contribution in [-0.2, 0) is 22.6 Å². The first-order chi connectivity index (χ1) is 12.7. The Bertz CT molecular complexity index is 932. The van der Waals surface area contributed by atoms with Gasteiger partial charge in [0.05, 0.1) is 11.0 Å². The number of carbonyl (C=O) groups is 1. The zero-order valence-electron chi connectivity index (χ0n) is 13.9. The molecule has 132 valence electrons. The highest BCUT2D eigenvalue weighted by atomic mass is 35.5. The Hall–Kier alpha value is -2.86. The third-order valence-corrected chi connectivity index (χ3v) is 4.47. The molecular formula is C19H17ClN4O2. The number of hydrogen-bond acceptors (Lipinski definition) is 4. The molecule has 1 aliphatic rings. The molecule has 6 nitrogen and oxygen atoms in total. The second kappa shape index (κ2) is 7.17. The second-order valence-electron chi connectivity index (χ2n) is 6.18. The minimum Gasteiger partial charge on any atom is -0.391 e. The molecule has 0 unspecified atom stereocenters. The topological polar surface area (TPSA) is 79.4 Å². The van der Waals surface area contributed by atoms with Crippen molar-refractivity contribution in [3.63, 3.8) is 0 Å². The van der Waals surface area contributed by atoms with E-state index >= 15 is 0 Å². The molecule has 7 heteroatoms. The zero-order valence-corrected chi connectivity index (χ0v) is 14.7. The largest absolute Gasteiger partial charge is 0.391 e. The predicted molar refractivity (Wildman–Crippen MR) is 100 cm³/mol. The predicted octanol–water partition coefficient (Wildman–Crippen LogP) is 3.22. The molecule has 0 fully saturated rings. The third kappa shape index (κ3) is 3.70. The number of hydrogen-bond donors (Lipinski definition) is 2. The fourth-order valence-electron chi connectivity index (χ4n) is 2.88. The molecule has 0 aliphatic carbocycles. The van der Waals surface area contributed by atoms with Crippen molar-refractivity contribution in [3.8, 4) is 0 Å². The van der Waals surface area contributed by atoms with E-state index in [0.29, 0.717) is 30.1 Å². The number of nitrogens with zero attached hydrogens (tertiary/aromatic N) is 2. The summed E-state index contributed by atoms with van der Waals surface area (Å²) >= 11 is 5.86. The number of para-hydroxylation sites is 2. The second-order valence-corrected chi connectivity index (χ2v) is 6.62. The van der Waals surface area contributed by atoms with E-state index in [9.17, 15) is 4.79 Å². The number of rotatable bonds is 5. The van der Waals surface area contributed by atoms with Crippen molar-refractivity contribution >= 4 is 34.3 Å². The molecule has 0 saturated heterocycles. The summed E-state index contributed by atoms with van der Waals surface area (Å²) in [5.74, 6) is 0.612. The van der Waals surface area contributed by atoms with Gasteiger partial charge in [0, 0.05) is 24.4 Å². The Kier molecular flexibility index (Phi) is 4.58. The quantitative estimate of drug-likeness (QED) is 0.725. The number of imidazole rings is 1. The van der Waals surface area contributed by atoms with Crippen molar-refractivity contribution in [3.05, 3.63) is 64.9 Å². The van der Waals surface area contributed by atoms with Crippen LogP contribution >= 0.6 is 11.6 Å². The van der Waals surface area contributed by atoms with Crippen LogP contribution in [0.15, 0.2) is 53.7 Å². The molecule has 2 N–H and O–H groups in total. The van der Waals surface area contributed by atoms with Gasteiger partial charge in [-0.2, -0.15) is 0 Å². The molecule has 1 aliphatic heterocycles. The highest BCUT2D eigenvalue weighted by Crippen LogP contribution is 2.17. The Morgan fingerprint density at radius 2 is 2.04 bits per heavy atom. The Labute approximate surface area is 155 Å². The van der Waals surface area contributed by atoms with Crippen LogP contribution in [0.4, 0.5) is 0 Å². The third-order valence-electron chi connectivity index (χ3n) is 4.22. The zero-order chi connectivity index (χ0) is 17.9. The molecule has 0 radical (unpaired) electrons. The maximum atomic E-state index is 12.3. The van der Waals surface area contributed by atoms with E-state index in [1.165, 1.54) is 0 Å². The first kappa shape index (κ1) is 16.6. The molecule has 2 aromatic carbocycles. The van der Waals surface area contributed by atoms with Crippen LogP contribution in [0.2, 0.25) is 5.02 Å². The summed E-state index contributed by atoms with van der Waals surface area (Å²) < 4.78 is 0. The van der Waals surface area contributed by atoms with Crippen molar-refractivity contribution in [1.29, 1.82) is 0 Å². The molecule has 1 amide bonds. The van der Waals surface area contributed by atoms with Crippen LogP contribution in [0.25, 0.3) is 11.0 Å². The van der Waals surface area contributed by atoms with Crippen LogP contribution in [0, 0.1) is 0 Å². The minimum absolute atomic E-state index is 0.188. The summed E-state index contributed by atoms with van der Waals surface area (Å²) in [5.41, 5.74) is 3.28. The average molecular weight is 369 g/mol. The van der Waals surface area contributed by atoms with Crippen molar-refractivity contribution in [2.24, 2.45) is 5.16 Å². The Balaban J connectivity index is 1.31. The van der Waals surface area contributed by atoms with Crippen LogP contribution in [0.5, 0.6) is 0 Å². The van der Waals surface area contributed by atoms with Gasteiger partial charge in [-0.15, -0.1) is 0 Å². The molecule has 2 heterocycles. The van der Waals surface area contributed by atoms with Gasteiger partial charge < -0.3 is 15.1 Å². The number of fused-ring (bicyclic) bond motifs is 1. The van der Waals surface area contributed by atoms with Crippen molar-refractivity contribution < 1.29 is 9.63 Å². The number of nitrogens with one attached hydrogen (secondary N) is 2. The van der Waals surface area contributed by atoms with Crippen molar-refractivity contribution in [1.82, 2.24) is 15.3 Å². The lowest BCUT2D eigenvalue weighted by Crippen LogP contribution is -2.30. The number of amides is 1. The van der Waals surface area contributed by atoms with Gasteiger partial charge in [-0.25, -0.2) is 4.98 Å². The van der Waals surface area contributed by atoms with E-state index in [0.717, 1.165) is 22.4 Å². The van der Waals surface area contributed by atoms with Gasteiger partial charge in [-0.3, -0.25) is 4.79 Å². The van der Waals surface area contributed by atoms with E-state index in [1.54, 1.807) is 12.1 Å². The molecule has 1 aromatic heterocycles. The van der Waals surface area contributed by atoms with Gasteiger partial charge in [0.1, 0.15) is 17.6 Å². The Morgan fingerprint density at radius 1 is 1.23 bits per heavy atom. The van der Waals surface area contributed by atoms with Crippen LogP contribution in [-0.4, -0.2) is 27.7 Å². The maximum Gasteiger partial charge on any atom is 0.269 e. The number of H-pyrrole nitrogens is 1. The van der Waals surface area contributed by atoms with E-state index in [1.807, 2.05) is 36.4 Å². The van der Waals surface area contributed by atoms with Crippen LogP contribution in [0.3, 0.4) is 0 Å². The van der Waals surface area contributed by atoms with Gasteiger partial charge in [0.15, 0.2) is 0 Å². The summed E-state index contributed by atoms with van der Waals surface area (Å²) in [5, 5.41) is 7.45. The molecule has 3 aromatic rings. The van der Waals surface area contributed by atoms with Gasteiger partial charge in [0.2, 0.25) is 0 Å². The highest BCUT2D eigenvalue weighted by molar-refractivity contribution is 6.39. The molecular weight excluding hydrogens is 352 g/mol. The lowest BCUT2D eigenvalue weighted by atomic mass is 10.1. The summed E-state index contributed by atoms with van der Waals surface area (Å²) in [6, 6.07) is 15.2. The van der Waals surface area contributed by atoms with Gasteiger partial charge in [0.25, 0.3) is 5.91 Å². The normalized spacial score (nSPS) is 16.3. The number of halogens is 1. The number of aromatic amines is 1. The van der Waals surface area contributed by atoms with Gasteiger partial charge >= 0.3 is 0 Å². The SMILES string of the molecule is O=C(NCc1ccc(Cl)cc1)C1=NO[C@@H](Cc2nc3ccccc3[nH]2)C1. The lowest BCUT2D eigenvalue weighted by molar-refractivity contribution is -0.115. The number of benzene rings is 2. The monoisotopic (exact) mass is 368 g/mol. The van der Waals surface area contributed by atoms with E-state index in [-0.39, 0.29) is 12.0 Å². The number of oxime groups is 1. The first-order valence-corrected chi connectivity index (χ1v) is 8.74. The number of carbonyl (C=O) groups excluding carboxylic acids is 1. The Morgan fingerprint density at radius 3 is 2.85 bits per heavy atom. The van der Waals surface area contributed by atoms with Crippen LogP contribution in [0.1, 0.15) is 17.8 Å². The standard InChI is InChI=1S/C19H17ClN4O2/c20-13-7-5-12(6-8-13)11-21-19(25)17-9-14(26-24-17)10-18-22-15-3-1-2-4-16(15)23-18/h1-8,14H,9-11H2,(H,21,25)(H,22,23)/t14-/m1/s1. The molecule has 26 heavy (non-hydrogen) atoms. The highest BCUT2D eigenvalue weighted by Gasteiger charge is 2.27. The molecule has 0 saturated carbocycles. The average Bonchev–Trinajstić information content (AvgIpc) is 3.27. The summed E-state index contributed by atoms with van der Waals surface area (Å²) in [7, 11) is 0. The summed E-state index contributed by atoms with van der Waals surface area (Å²) in [6.07, 6.45) is 0.849. The summed E-state index contributed by atoms with van der Waals surface area (Å²) in [4.78, 5) is 25.5. The minimum atomic E-state index is -0.216. The van der Waals surface area contributed by atoms with E-state index in [4.69, 9.17) is 16.4 Å². The van der Waals surface area contributed by atoms with Gasteiger partial charge in [-0.05, 0) is 29.8 Å². The first-order valence-electron chi connectivity index (χ1n) is 8.36. The summed E-state index contributed by atoms with van der Waals surface area (Å²) in [6.45, 7) is 0.420. The van der Waals surface area contributed by atoms with Crippen LogP contribution < -0.4 is 5.32 Å². The van der Waals surface area contributed by atoms with E-state index in [2.05, 4.69) is 20.4 Å². The number of aromatic nitrogens is 2.